The highest BCUT2D eigenvalue weighted by Gasteiger charge is 2.05. The number of nitrogens with zero attached hydrogens (tertiary/aromatic N) is 1. The first kappa shape index (κ1) is 12.5. The van der Waals surface area contributed by atoms with E-state index in [1.54, 1.807) is 7.11 Å². The van der Waals surface area contributed by atoms with E-state index in [1.807, 2.05) is 43.3 Å². The zero-order valence-corrected chi connectivity index (χ0v) is 11.1. The molecule has 0 aliphatic heterocycles. The molecule has 0 saturated carbocycles. The zero-order chi connectivity index (χ0) is 13.0. The quantitative estimate of drug-likeness (QED) is 0.598. The summed E-state index contributed by atoms with van der Waals surface area (Å²) in [6, 6.07) is 13.9. The molecule has 0 aliphatic carbocycles. The van der Waals surface area contributed by atoms with Gasteiger partial charge < -0.3 is 4.74 Å². The summed E-state index contributed by atoms with van der Waals surface area (Å²) in [6.07, 6.45) is 0. The molecule has 0 radical (unpaired) electrons. The molecule has 0 fully saturated rings. The molecule has 18 heavy (non-hydrogen) atoms. The summed E-state index contributed by atoms with van der Waals surface area (Å²) < 4.78 is 5.16. The Bertz CT molecular complexity index is 598. The SMILES string of the molecule is COc1ccc(-c2cccc(N=C=S)c2C)cc1. The van der Waals surface area contributed by atoms with Crippen LogP contribution in [0.25, 0.3) is 11.1 Å². The Morgan fingerprint density at radius 3 is 2.44 bits per heavy atom. The minimum absolute atomic E-state index is 0.851. The Kier molecular flexibility index (Phi) is 3.88. The normalized spacial score (nSPS) is 9.67. The second-order valence-corrected chi connectivity index (χ2v) is 4.06. The lowest BCUT2D eigenvalue weighted by Gasteiger charge is -2.08. The molecule has 90 valence electrons. The summed E-state index contributed by atoms with van der Waals surface area (Å²) in [7, 11) is 1.66. The fourth-order valence-corrected chi connectivity index (χ4v) is 1.98. The minimum Gasteiger partial charge on any atom is -0.497 e. The van der Waals surface area contributed by atoms with Crippen LogP contribution in [0.2, 0.25) is 0 Å². The molecule has 2 aromatic rings. The van der Waals surface area contributed by atoms with Crippen LogP contribution in [0.3, 0.4) is 0 Å². The van der Waals surface area contributed by atoms with Crippen molar-refractivity contribution in [3.05, 3.63) is 48.0 Å². The maximum absolute atomic E-state index is 5.16. The third kappa shape index (κ3) is 2.48. The smallest absolute Gasteiger partial charge is 0.118 e. The molecule has 0 saturated heterocycles. The molecule has 2 nitrogen and oxygen atoms in total. The van der Waals surface area contributed by atoms with Gasteiger partial charge in [0.1, 0.15) is 5.75 Å². The predicted molar refractivity (Wildman–Crippen MR) is 77.9 cm³/mol. The lowest BCUT2D eigenvalue weighted by molar-refractivity contribution is 0.415. The van der Waals surface area contributed by atoms with Gasteiger partial charge in [0.15, 0.2) is 0 Å². The van der Waals surface area contributed by atoms with Gasteiger partial charge in [-0.2, -0.15) is 4.99 Å². The predicted octanol–water partition coefficient (Wildman–Crippen LogP) is 4.40. The van der Waals surface area contributed by atoms with Gasteiger partial charge in [0.05, 0.1) is 18.0 Å². The van der Waals surface area contributed by atoms with Crippen molar-refractivity contribution in [1.29, 1.82) is 0 Å². The highest BCUT2D eigenvalue weighted by molar-refractivity contribution is 7.78. The highest BCUT2D eigenvalue weighted by atomic mass is 32.1. The number of hydrogen-bond acceptors (Lipinski definition) is 3. The van der Waals surface area contributed by atoms with Crippen LogP contribution in [0.4, 0.5) is 5.69 Å². The van der Waals surface area contributed by atoms with Gasteiger partial charge in [-0.1, -0.05) is 24.3 Å². The number of benzene rings is 2. The van der Waals surface area contributed by atoms with Gasteiger partial charge in [-0.25, -0.2) is 0 Å². The zero-order valence-electron chi connectivity index (χ0n) is 10.3. The van der Waals surface area contributed by atoms with E-state index >= 15 is 0 Å². The standard InChI is InChI=1S/C15H13NOS/c1-11-14(4-3-5-15(11)16-10-18)12-6-8-13(17-2)9-7-12/h3-9H,1-2H3. The Balaban J connectivity index is 2.49. The first-order valence-corrected chi connectivity index (χ1v) is 5.99. The van der Waals surface area contributed by atoms with E-state index < -0.39 is 0 Å². The number of rotatable bonds is 3. The molecule has 0 heterocycles. The van der Waals surface area contributed by atoms with Crippen LogP contribution in [0.5, 0.6) is 5.75 Å². The molecular formula is C15H13NOS. The Morgan fingerprint density at radius 1 is 1.11 bits per heavy atom. The van der Waals surface area contributed by atoms with Crippen molar-refractivity contribution in [2.45, 2.75) is 6.92 Å². The molecule has 0 N–H and O–H groups in total. The number of aliphatic imine (C=N–C) groups is 1. The van der Waals surface area contributed by atoms with Crippen LogP contribution >= 0.6 is 12.2 Å². The lowest BCUT2D eigenvalue weighted by Crippen LogP contribution is -1.85. The first-order chi connectivity index (χ1) is 8.76. The van der Waals surface area contributed by atoms with Crippen molar-refractivity contribution in [1.82, 2.24) is 0 Å². The summed E-state index contributed by atoms with van der Waals surface area (Å²) in [5.74, 6) is 0.851. The van der Waals surface area contributed by atoms with Gasteiger partial charge in [-0.3, -0.25) is 0 Å². The summed E-state index contributed by atoms with van der Waals surface area (Å²) >= 11 is 4.65. The number of isothiocyanates is 1. The average Bonchev–Trinajstić information content (AvgIpc) is 2.42. The van der Waals surface area contributed by atoms with Gasteiger partial charge in [0, 0.05) is 0 Å². The van der Waals surface area contributed by atoms with Crippen LogP contribution in [0.15, 0.2) is 47.5 Å². The molecule has 0 unspecified atom stereocenters. The van der Waals surface area contributed by atoms with E-state index in [0.717, 1.165) is 28.1 Å². The van der Waals surface area contributed by atoms with Gasteiger partial charge >= 0.3 is 0 Å². The van der Waals surface area contributed by atoms with E-state index in [0.29, 0.717) is 0 Å². The Morgan fingerprint density at radius 2 is 1.83 bits per heavy atom. The second-order valence-electron chi connectivity index (χ2n) is 3.88. The Hall–Kier alpha value is -1.96. The van der Waals surface area contributed by atoms with Crippen LogP contribution < -0.4 is 4.74 Å². The number of ether oxygens (including phenoxy) is 1. The average molecular weight is 255 g/mol. The van der Waals surface area contributed by atoms with Crippen LogP contribution in [-0.2, 0) is 0 Å². The maximum atomic E-state index is 5.16. The topological polar surface area (TPSA) is 21.6 Å². The van der Waals surface area contributed by atoms with Crippen LogP contribution in [0.1, 0.15) is 5.56 Å². The molecule has 0 bridgehead atoms. The van der Waals surface area contributed by atoms with E-state index in [1.165, 1.54) is 0 Å². The third-order valence-electron chi connectivity index (χ3n) is 2.87. The van der Waals surface area contributed by atoms with Crippen LogP contribution in [0, 0.1) is 6.92 Å². The van der Waals surface area contributed by atoms with Gasteiger partial charge in [-0.05, 0) is 54.0 Å². The molecule has 2 aromatic carbocycles. The molecule has 3 heteroatoms. The first-order valence-electron chi connectivity index (χ1n) is 5.58. The van der Waals surface area contributed by atoms with E-state index in [2.05, 4.69) is 28.4 Å². The Labute approximate surface area is 112 Å². The molecule has 0 atom stereocenters. The number of methoxy groups -OCH3 is 1. The van der Waals surface area contributed by atoms with Gasteiger partial charge in [-0.15, -0.1) is 0 Å². The van der Waals surface area contributed by atoms with E-state index in [-0.39, 0.29) is 0 Å². The van der Waals surface area contributed by atoms with Crippen molar-refractivity contribution >= 4 is 23.1 Å². The fraction of sp³-hybridized carbons (Fsp3) is 0.133. The molecule has 2 rings (SSSR count). The van der Waals surface area contributed by atoms with E-state index in [9.17, 15) is 0 Å². The number of thiocarbonyl (C=S) groups is 1. The molecule has 0 aliphatic rings. The second kappa shape index (κ2) is 5.58. The molecular weight excluding hydrogens is 242 g/mol. The van der Waals surface area contributed by atoms with Crippen molar-refractivity contribution in [2.24, 2.45) is 4.99 Å². The third-order valence-corrected chi connectivity index (χ3v) is 2.96. The maximum Gasteiger partial charge on any atom is 0.118 e. The molecule has 0 aromatic heterocycles. The van der Waals surface area contributed by atoms with Crippen LogP contribution in [-0.4, -0.2) is 12.3 Å². The van der Waals surface area contributed by atoms with Crippen molar-refractivity contribution in [3.63, 3.8) is 0 Å². The summed E-state index contributed by atoms with van der Waals surface area (Å²) in [6.45, 7) is 2.03. The van der Waals surface area contributed by atoms with Gasteiger partial charge in [0.2, 0.25) is 0 Å². The van der Waals surface area contributed by atoms with Gasteiger partial charge in [0.25, 0.3) is 0 Å². The fourth-order valence-electron chi connectivity index (χ4n) is 1.88. The summed E-state index contributed by atoms with van der Waals surface area (Å²) in [5, 5.41) is 2.41. The largest absolute Gasteiger partial charge is 0.497 e. The highest BCUT2D eigenvalue weighted by Crippen LogP contribution is 2.30. The monoisotopic (exact) mass is 255 g/mol. The lowest BCUT2D eigenvalue weighted by atomic mass is 9.99. The van der Waals surface area contributed by atoms with Crippen molar-refractivity contribution < 1.29 is 4.74 Å². The van der Waals surface area contributed by atoms with Crippen molar-refractivity contribution in [3.8, 4) is 16.9 Å². The number of hydrogen-bond donors (Lipinski definition) is 0. The van der Waals surface area contributed by atoms with Crippen molar-refractivity contribution in [2.75, 3.05) is 7.11 Å². The van der Waals surface area contributed by atoms with E-state index in [4.69, 9.17) is 4.74 Å². The molecule has 0 amide bonds. The summed E-state index contributed by atoms with van der Waals surface area (Å²) in [4.78, 5) is 4.07. The summed E-state index contributed by atoms with van der Waals surface area (Å²) in [5.41, 5.74) is 4.23. The molecule has 0 spiro atoms. The minimum atomic E-state index is 0.851.